The second kappa shape index (κ2) is 9.91. The van der Waals surface area contributed by atoms with Crippen molar-refractivity contribution in [3.63, 3.8) is 0 Å². The Kier molecular flexibility index (Phi) is 7.33. The average molecular weight is 382 g/mol. The highest BCUT2D eigenvalue weighted by atomic mass is 16.5. The SMILES string of the molecule is COc1ccc(NC(=O)c2ccc(NC(=O)COC(=O)C=C(C)C)cc2)cc1. The molecule has 0 spiro atoms. The minimum atomic E-state index is -0.569. The highest BCUT2D eigenvalue weighted by Crippen LogP contribution is 2.16. The van der Waals surface area contributed by atoms with E-state index in [1.807, 2.05) is 0 Å². The molecule has 0 saturated heterocycles. The van der Waals surface area contributed by atoms with Gasteiger partial charge in [0.1, 0.15) is 5.75 Å². The fourth-order valence-electron chi connectivity index (χ4n) is 2.19. The third-order valence-electron chi connectivity index (χ3n) is 3.53. The molecule has 2 aromatic rings. The maximum absolute atomic E-state index is 12.3. The molecule has 0 aromatic heterocycles. The number of allylic oxidation sites excluding steroid dienone is 1. The van der Waals surface area contributed by atoms with Crippen LogP contribution < -0.4 is 15.4 Å². The summed E-state index contributed by atoms with van der Waals surface area (Å²) in [6.45, 7) is 3.13. The first-order chi connectivity index (χ1) is 13.4. The summed E-state index contributed by atoms with van der Waals surface area (Å²) in [5, 5.41) is 5.37. The molecule has 2 N–H and O–H groups in total. The number of anilines is 2. The highest BCUT2D eigenvalue weighted by Gasteiger charge is 2.09. The molecule has 146 valence electrons. The predicted octanol–water partition coefficient (Wildman–Crippen LogP) is 3.40. The molecule has 0 bridgehead atoms. The molecule has 2 amide bonds. The first kappa shape index (κ1) is 20.7. The Bertz CT molecular complexity index is 867. The minimum Gasteiger partial charge on any atom is -0.497 e. The van der Waals surface area contributed by atoms with Gasteiger partial charge in [-0.25, -0.2) is 4.79 Å². The van der Waals surface area contributed by atoms with E-state index in [2.05, 4.69) is 10.6 Å². The monoisotopic (exact) mass is 382 g/mol. The number of benzene rings is 2. The maximum Gasteiger partial charge on any atom is 0.331 e. The van der Waals surface area contributed by atoms with Crippen molar-refractivity contribution in [3.8, 4) is 5.75 Å². The Morgan fingerprint density at radius 1 is 0.893 bits per heavy atom. The van der Waals surface area contributed by atoms with Gasteiger partial charge < -0.3 is 20.1 Å². The summed E-state index contributed by atoms with van der Waals surface area (Å²) in [6, 6.07) is 13.3. The molecule has 28 heavy (non-hydrogen) atoms. The number of nitrogens with one attached hydrogen (secondary N) is 2. The minimum absolute atomic E-state index is 0.279. The summed E-state index contributed by atoms with van der Waals surface area (Å²) in [6.07, 6.45) is 1.31. The Morgan fingerprint density at radius 3 is 2.04 bits per heavy atom. The van der Waals surface area contributed by atoms with Crippen molar-refractivity contribution >= 4 is 29.2 Å². The van der Waals surface area contributed by atoms with E-state index in [4.69, 9.17) is 9.47 Å². The highest BCUT2D eigenvalue weighted by molar-refractivity contribution is 6.04. The molecular formula is C21H22N2O5. The molecule has 0 heterocycles. The van der Waals surface area contributed by atoms with Gasteiger partial charge in [0.2, 0.25) is 0 Å². The summed E-state index contributed by atoms with van der Waals surface area (Å²) >= 11 is 0. The van der Waals surface area contributed by atoms with E-state index >= 15 is 0 Å². The quantitative estimate of drug-likeness (QED) is 0.565. The van der Waals surface area contributed by atoms with E-state index in [-0.39, 0.29) is 12.5 Å². The number of ether oxygens (including phenoxy) is 2. The van der Waals surface area contributed by atoms with Gasteiger partial charge >= 0.3 is 5.97 Å². The van der Waals surface area contributed by atoms with Crippen molar-refractivity contribution in [3.05, 3.63) is 65.7 Å². The number of hydrogen-bond donors (Lipinski definition) is 2. The molecule has 0 saturated carbocycles. The molecule has 7 heteroatoms. The third kappa shape index (κ3) is 6.60. The maximum atomic E-state index is 12.3. The smallest absolute Gasteiger partial charge is 0.331 e. The van der Waals surface area contributed by atoms with Crippen LogP contribution in [0.1, 0.15) is 24.2 Å². The molecule has 0 radical (unpaired) electrons. The lowest BCUT2D eigenvalue weighted by molar-refractivity contribution is -0.142. The van der Waals surface area contributed by atoms with Crippen LogP contribution in [0, 0.1) is 0 Å². The van der Waals surface area contributed by atoms with Gasteiger partial charge in [0, 0.05) is 23.0 Å². The zero-order valence-electron chi connectivity index (χ0n) is 15.9. The van der Waals surface area contributed by atoms with Crippen molar-refractivity contribution in [1.29, 1.82) is 0 Å². The van der Waals surface area contributed by atoms with Gasteiger partial charge in [-0.2, -0.15) is 0 Å². The van der Waals surface area contributed by atoms with E-state index in [1.165, 1.54) is 6.08 Å². The Labute approximate surface area is 163 Å². The number of amides is 2. The van der Waals surface area contributed by atoms with Crippen LogP contribution in [0.25, 0.3) is 0 Å². The van der Waals surface area contributed by atoms with Crippen LogP contribution in [0.2, 0.25) is 0 Å². The van der Waals surface area contributed by atoms with E-state index < -0.39 is 11.9 Å². The zero-order chi connectivity index (χ0) is 20.5. The Balaban J connectivity index is 1.87. The summed E-state index contributed by atoms with van der Waals surface area (Å²) in [7, 11) is 1.57. The van der Waals surface area contributed by atoms with E-state index in [1.54, 1.807) is 69.5 Å². The van der Waals surface area contributed by atoms with Crippen molar-refractivity contribution in [2.75, 3.05) is 24.4 Å². The zero-order valence-corrected chi connectivity index (χ0v) is 15.9. The molecule has 2 aromatic carbocycles. The average Bonchev–Trinajstić information content (AvgIpc) is 2.67. The fraction of sp³-hybridized carbons (Fsp3) is 0.190. The van der Waals surface area contributed by atoms with Crippen molar-refractivity contribution < 1.29 is 23.9 Å². The number of carbonyl (C=O) groups excluding carboxylic acids is 3. The summed E-state index contributed by atoms with van der Waals surface area (Å²) in [5.41, 5.74) is 2.35. The van der Waals surface area contributed by atoms with Gasteiger partial charge in [-0.1, -0.05) is 5.57 Å². The van der Waals surface area contributed by atoms with Crippen LogP contribution in [-0.2, 0) is 14.3 Å². The largest absolute Gasteiger partial charge is 0.497 e. The van der Waals surface area contributed by atoms with Crippen molar-refractivity contribution in [2.45, 2.75) is 13.8 Å². The van der Waals surface area contributed by atoms with Gasteiger partial charge in [-0.15, -0.1) is 0 Å². The normalized spacial score (nSPS) is 9.82. The topological polar surface area (TPSA) is 93.7 Å². The van der Waals surface area contributed by atoms with Crippen LogP contribution in [0.4, 0.5) is 11.4 Å². The van der Waals surface area contributed by atoms with Crippen LogP contribution in [0.5, 0.6) is 5.75 Å². The number of hydrogen-bond acceptors (Lipinski definition) is 5. The van der Waals surface area contributed by atoms with Gasteiger partial charge in [0.05, 0.1) is 7.11 Å². The first-order valence-corrected chi connectivity index (χ1v) is 8.54. The van der Waals surface area contributed by atoms with Crippen LogP contribution >= 0.6 is 0 Å². The van der Waals surface area contributed by atoms with E-state index in [0.717, 1.165) is 5.57 Å². The summed E-state index contributed by atoms with van der Waals surface area (Å²) in [4.78, 5) is 35.5. The van der Waals surface area contributed by atoms with Crippen LogP contribution in [-0.4, -0.2) is 31.5 Å². The summed E-state index contributed by atoms with van der Waals surface area (Å²) in [5.74, 6) is -0.616. The third-order valence-corrected chi connectivity index (χ3v) is 3.53. The number of rotatable bonds is 7. The van der Waals surface area contributed by atoms with Gasteiger partial charge in [0.25, 0.3) is 11.8 Å². The fourth-order valence-corrected chi connectivity index (χ4v) is 2.19. The lowest BCUT2D eigenvalue weighted by Gasteiger charge is -2.08. The molecule has 2 rings (SSSR count). The van der Waals surface area contributed by atoms with Crippen LogP contribution in [0.15, 0.2) is 60.2 Å². The molecule has 0 aliphatic carbocycles. The Morgan fingerprint density at radius 2 is 1.46 bits per heavy atom. The van der Waals surface area contributed by atoms with E-state index in [9.17, 15) is 14.4 Å². The molecule has 0 atom stereocenters. The van der Waals surface area contributed by atoms with Gasteiger partial charge in [-0.05, 0) is 62.4 Å². The van der Waals surface area contributed by atoms with Gasteiger partial charge in [-0.3, -0.25) is 9.59 Å². The standard InChI is InChI=1S/C21H22N2O5/c1-14(2)12-20(25)28-13-19(24)22-16-6-4-15(5-7-16)21(26)23-17-8-10-18(27-3)11-9-17/h4-12H,13H2,1-3H3,(H,22,24)(H,23,26). The molecule has 0 aliphatic rings. The second-order valence-electron chi connectivity index (χ2n) is 6.14. The molecule has 7 nitrogen and oxygen atoms in total. The first-order valence-electron chi connectivity index (χ1n) is 8.54. The lowest BCUT2D eigenvalue weighted by Crippen LogP contribution is -2.20. The number of methoxy groups -OCH3 is 1. The molecule has 0 unspecified atom stereocenters. The van der Waals surface area contributed by atoms with Crippen LogP contribution in [0.3, 0.4) is 0 Å². The molecular weight excluding hydrogens is 360 g/mol. The van der Waals surface area contributed by atoms with E-state index in [0.29, 0.717) is 22.7 Å². The number of esters is 1. The molecule has 0 aliphatic heterocycles. The second-order valence-corrected chi connectivity index (χ2v) is 6.14. The number of carbonyl (C=O) groups is 3. The summed E-state index contributed by atoms with van der Waals surface area (Å²) < 4.78 is 9.90. The van der Waals surface area contributed by atoms with Gasteiger partial charge in [0.15, 0.2) is 6.61 Å². The van der Waals surface area contributed by atoms with Crippen molar-refractivity contribution in [1.82, 2.24) is 0 Å². The molecule has 0 fully saturated rings. The Hall–Kier alpha value is -3.61. The lowest BCUT2D eigenvalue weighted by atomic mass is 10.2. The van der Waals surface area contributed by atoms with Crippen molar-refractivity contribution in [2.24, 2.45) is 0 Å². The predicted molar refractivity (Wildman–Crippen MR) is 106 cm³/mol.